The molecule has 1 aromatic carbocycles. The highest BCUT2D eigenvalue weighted by atomic mass is 16.3. The van der Waals surface area contributed by atoms with Gasteiger partial charge in [-0.05, 0) is 62.4 Å². The zero-order chi connectivity index (χ0) is 23.5. The number of nitrogens with one attached hydrogen (secondary N) is 1. The summed E-state index contributed by atoms with van der Waals surface area (Å²) in [6.07, 6.45) is 6.15. The Bertz CT molecular complexity index is 1120. The largest absolute Gasteiger partial charge is 0.464 e. The fourth-order valence-electron chi connectivity index (χ4n) is 4.50. The zero-order valence-electron chi connectivity index (χ0n) is 19.5. The molecule has 0 spiro atoms. The van der Waals surface area contributed by atoms with Crippen LogP contribution in [-0.2, 0) is 16.0 Å². The van der Waals surface area contributed by atoms with Gasteiger partial charge in [0.1, 0.15) is 11.6 Å². The van der Waals surface area contributed by atoms with Gasteiger partial charge in [0.15, 0.2) is 0 Å². The van der Waals surface area contributed by atoms with E-state index in [1.54, 1.807) is 19.4 Å². The number of fused-ring (bicyclic) bond motifs is 1. The van der Waals surface area contributed by atoms with E-state index in [1.807, 2.05) is 49.1 Å². The molecule has 3 N–H and O–H groups in total. The number of carbonyl (C=O) groups excluding carboxylic acids is 2. The van der Waals surface area contributed by atoms with Crippen molar-refractivity contribution in [3.63, 3.8) is 0 Å². The summed E-state index contributed by atoms with van der Waals surface area (Å²) in [6, 6.07) is 10.8. The smallest absolute Gasteiger partial charge is 0.245 e. The van der Waals surface area contributed by atoms with Gasteiger partial charge in [-0.2, -0.15) is 0 Å². The van der Waals surface area contributed by atoms with Crippen LogP contribution < -0.4 is 11.1 Å². The molecule has 3 unspecified atom stereocenters. The van der Waals surface area contributed by atoms with Crippen LogP contribution in [0.3, 0.4) is 0 Å². The minimum Gasteiger partial charge on any atom is -0.464 e. The van der Waals surface area contributed by atoms with Gasteiger partial charge in [-0.15, -0.1) is 0 Å². The predicted octanol–water partition coefficient (Wildman–Crippen LogP) is 3.52. The van der Waals surface area contributed by atoms with Crippen LogP contribution >= 0.6 is 0 Å². The Hall–Kier alpha value is -3.19. The standard InChI is InChI=1S/C26H32N4O3/c1-16(2)24(29-25(31)17(3)27)26(32)30-12-6-7-20(30)13-19-15-33-23-10-9-18(14-21(19)23)22-8-4-5-11-28-22/h4-5,8-11,14-17,20,24H,6-7,12-13,27H2,1-3H3,(H,29,31). The van der Waals surface area contributed by atoms with E-state index in [1.165, 1.54) is 0 Å². The Balaban J connectivity index is 1.55. The van der Waals surface area contributed by atoms with Gasteiger partial charge in [-0.1, -0.05) is 19.9 Å². The minimum absolute atomic E-state index is 0.0304. The van der Waals surface area contributed by atoms with E-state index in [4.69, 9.17) is 10.2 Å². The normalized spacial score (nSPS) is 18.0. The summed E-state index contributed by atoms with van der Waals surface area (Å²) in [4.78, 5) is 32.0. The molecule has 1 saturated heterocycles. The van der Waals surface area contributed by atoms with E-state index in [-0.39, 0.29) is 23.8 Å². The van der Waals surface area contributed by atoms with E-state index in [2.05, 4.69) is 16.4 Å². The molecule has 7 nitrogen and oxygen atoms in total. The lowest BCUT2D eigenvalue weighted by Gasteiger charge is -2.31. The van der Waals surface area contributed by atoms with Crippen LogP contribution in [0.5, 0.6) is 0 Å². The van der Waals surface area contributed by atoms with Crippen LogP contribution in [0.4, 0.5) is 0 Å². The average Bonchev–Trinajstić information content (AvgIpc) is 3.44. The van der Waals surface area contributed by atoms with Gasteiger partial charge >= 0.3 is 0 Å². The SMILES string of the molecule is CC(N)C(=O)NC(C(=O)N1CCCC1Cc1coc2ccc(-c3ccccn3)cc12)C(C)C. The number of benzene rings is 1. The number of nitrogens with zero attached hydrogens (tertiary/aromatic N) is 2. The summed E-state index contributed by atoms with van der Waals surface area (Å²) >= 11 is 0. The van der Waals surface area contributed by atoms with E-state index >= 15 is 0 Å². The molecule has 1 aliphatic heterocycles. The van der Waals surface area contributed by atoms with Gasteiger partial charge in [0.25, 0.3) is 0 Å². The topological polar surface area (TPSA) is 101 Å². The molecule has 174 valence electrons. The third kappa shape index (κ3) is 4.93. The lowest BCUT2D eigenvalue weighted by Crippen LogP contribution is -2.55. The van der Waals surface area contributed by atoms with Crippen LogP contribution in [0.15, 0.2) is 53.3 Å². The minimum atomic E-state index is -0.654. The number of hydrogen-bond acceptors (Lipinski definition) is 5. The van der Waals surface area contributed by atoms with Crippen molar-refractivity contribution in [3.05, 3.63) is 54.4 Å². The molecular formula is C26H32N4O3. The molecule has 7 heteroatoms. The molecule has 2 amide bonds. The Morgan fingerprint density at radius 3 is 2.76 bits per heavy atom. The van der Waals surface area contributed by atoms with Gasteiger partial charge in [0.2, 0.25) is 11.8 Å². The molecule has 4 rings (SSSR count). The Labute approximate surface area is 194 Å². The predicted molar refractivity (Wildman–Crippen MR) is 128 cm³/mol. The molecule has 2 aromatic heterocycles. The second-order valence-corrected chi connectivity index (χ2v) is 9.24. The van der Waals surface area contributed by atoms with Crippen molar-refractivity contribution in [2.24, 2.45) is 11.7 Å². The third-order valence-corrected chi connectivity index (χ3v) is 6.37. The molecule has 33 heavy (non-hydrogen) atoms. The lowest BCUT2D eigenvalue weighted by atomic mass is 9.99. The monoisotopic (exact) mass is 448 g/mol. The molecule has 1 fully saturated rings. The van der Waals surface area contributed by atoms with Crippen molar-refractivity contribution in [1.82, 2.24) is 15.2 Å². The number of nitrogens with two attached hydrogens (primary N) is 1. The van der Waals surface area contributed by atoms with E-state index in [0.717, 1.165) is 40.6 Å². The Morgan fingerprint density at radius 1 is 1.24 bits per heavy atom. The van der Waals surface area contributed by atoms with Gasteiger partial charge < -0.3 is 20.4 Å². The molecule has 0 bridgehead atoms. The van der Waals surface area contributed by atoms with Gasteiger partial charge in [-0.3, -0.25) is 14.6 Å². The molecule has 3 aromatic rings. The van der Waals surface area contributed by atoms with Crippen molar-refractivity contribution in [2.75, 3.05) is 6.54 Å². The number of furan rings is 1. The Morgan fingerprint density at radius 2 is 2.06 bits per heavy atom. The quantitative estimate of drug-likeness (QED) is 0.576. The van der Waals surface area contributed by atoms with E-state index in [0.29, 0.717) is 13.0 Å². The van der Waals surface area contributed by atoms with Crippen LogP contribution in [0.1, 0.15) is 39.2 Å². The third-order valence-electron chi connectivity index (χ3n) is 6.37. The second kappa shape index (κ2) is 9.75. The fraction of sp³-hybridized carbons (Fsp3) is 0.423. The summed E-state index contributed by atoms with van der Waals surface area (Å²) < 4.78 is 5.82. The number of rotatable bonds is 7. The highest BCUT2D eigenvalue weighted by Gasteiger charge is 2.36. The van der Waals surface area contributed by atoms with E-state index in [9.17, 15) is 9.59 Å². The number of carbonyl (C=O) groups is 2. The number of aromatic nitrogens is 1. The first kappa shape index (κ1) is 23.0. The first-order valence-corrected chi connectivity index (χ1v) is 11.6. The molecule has 3 heterocycles. The van der Waals surface area contributed by atoms with Gasteiger partial charge in [-0.25, -0.2) is 0 Å². The Kier molecular flexibility index (Phi) is 6.79. The molecule has 0 aliphatic carbocycles. The average molecular weight is 449 g/mol. The maximum atomic E-state index is 13.4. The number of amides is 2. The summed E-state index contributed by atoms with van der Waals surface area (Å²) in [7, 11) is 0. The maximum absolute atomic E-state index is 13.4. The zero-order valence-corrected chi connectivity index (χ0v) is 19.5. The summed E-state index contributed by atoms with van der Waals surface area (Å²) in [5.41, 5.74) is 9.55. The van der Waals surface area contributed by atoms with Crippen molar-refractivity contribution in [1.29, 1.82) is 0 Å². The van der Waals surface area contributed by atoms with Gasteiger partial charge in [0, 0.05) is 35.3 Å². The van der Waals surface area contributed by atoms with Crippen LogP contribution in [0, 0.1) is 5.92 Å². The summed E-state index contributed by atoms with van der Waals surface area (Å²) in [5, 5.41) is 3.89. The highest BCUT2D eigenvalue weighted by Crippen LogP contribution is 2.30. The van der Waals surface area contributed by atoms with Crippen LogP contribution in [0.2, 0.25) is 0 Å². The number of hydrogen-bond donors (Lipinski definition) is 2. The van der Waals surface area contributed by atoms with Crippen LogP contribution in [-0.4, -0.2) is 46.4 Å². The number of likely N-dealkylation sites (tertiary alicyclic amines) is 1. The molecule has 0 radical (unpaired) electrons. The molecule has 3 atom stereocenters. The van der Waals surface area contributed by atoms with Crippen molar-refractivity contribution in [2.45, 2.75) is 58.2 Å². The first-order chi connectivity index (χ1) is 15.8. The lowest BCUT2D eigenvalue weighted by molar-refractivity contribution is -0.138. The summed E-state index contributed by atoms with van der Waals surface area (Å²) in [5.74, 6) is -0.374. The highest BCUT2D eigenvalue weighted by molar-refractivity contribution is 5.90. The number of pyridine rings is 1. The first-order valence-electron chi connectivity index (χ1n) is 11.6. The molecular weight excluding hydrogens is 416 g/mol. The molecule has 0 saturated carbocycles. The van der Waals surface area contributed by atoms with Crippen molar-refractivity contribution >= 4 is 22.8 Å². The van der Waals surface area contributed by atoms with Crippen molar-refractivity contribution < 1.29 is 14.0 Å². The fourth-order valence-corrected chi connectivity index (χ4v) is 4.50. The summed E-state index contributed by atoms with van der Waals surface area (Å²) in [6.45, 7) is 6.20. The molecule has 1 aliphatic rings. The van der Waals surface area contributed by atoms with Gasteiger partial charge in [0.05, 0.1) is 18.0 Å². The van der Waals surface area contributed by atoms with Crippen molar-refractivity contribution in [3.8, 4) is 11.3 Å². The second-order valence-electron chi connectivity index (χ2n) is 9.24. The maximum Gasteiger partial charge on any atom is 0.245 e. The van der Waals surface area contributed by atoms with E-state index < -0.39 is 12.1 Å². The van der Waals surface area contributed by atoms with Crippen LogP contribution in [0.25, 0.3) is 22.2 Å².